The fourth-order valence-electron chi connectivity index (χ4n) is 2.93. The summed E-state index contributed by atoms with van der Waals surface area (Å²) in [5.74, 6) is 0.153. The number of rotatable bonds is 2. The number of hydrogen-bond donors (Lipinski definition) is 2. The highest BCUT2D eigenvalue weighted by Crippen LogP contribution is 2.34. The van der Waals surface area contributed by atoms with Crippen molar-refractivity contribution in [3.8, 4) is 0 Å². The fraction of sp³-hybridized carbons (Fsp3) is 0.467. The Morgan fingerprint density at radius 2 is 2.05 bits per heavy atom. The average Bonchev–Trinajstić information content (AvgIpc) is 3.01. The molecule has 1 atom stereocenters. The number of benzene rings is 1. The Morgan fingerprint density at radius 3 is 2.79 bits per heavy atom. The predicted octanol–water partition coefficient (Wildman–Crippen LogP) is 2.87. The Labute approximate surface area is 112 Å². The lowest BCUT2D eigenvalue weighted by molar-refractivity contribution is -0.119. The van der Waals surface area contributed by atoms with Crippen LogP contribution in [0.1, 0.15) is 44.1 Å². The van der Waals surface area contributed by atoms with Crippen molar-refractivity contribution in [2.24, 2.45) is 5.92 Å². The first kappa shape index (κ1) is 12.2. The zero-order chi connectivity index (χ0) is 13.4. The standard InChI is InChI=1S/C15H18N2O2/c1-9-12-8-11(6-7-13(12)17-14(9)18)16-15(19)10-4-2-3-5-10/h6-10H,2-5H2,1H3,(H,16,19)(H,17,18). The molecule has 19 heavy (non-hydrogen) atoms. The van der Waals surface area contributed by atoms with E-state index in [4.69, 9.17) is 0 Å². The highest BCUT2D eigenvalue weighted by molar-refractivity contribution is 6.03. The monoisotopic (exact) mass is 258 g/mol. The summed E-state index contributed by atoms with van der Waals surface area (Å²) in [6.45, 7) is 1.88. The Hall–Kier alpha value is -1.84. The van der Waals surface area contributed by atoms with Gasteiger partial charge >= 0.3 is 0 Å². The second-order valence-electron chi connectivity index (χ2n) is 5.48. The molecule has 100 valence electrons. The smallest absolute Gasteiger partial charge is 0.231 e. The molecule has 0 bridgehead atoms. The van der Waals surface area contributed by atoms with Gasteiger partial charge in [-0.05, 0) is 43.5 Å². The van der Waals surface area contributed by atoms with E-state index in [1.54, 1.807) is 0 Å². The van der Waals surface area contributed by atoms with Gasteiger partial charge in [-0.2, -0.15) is 0 Å². The quantitative estimate of drug-likeness (QED) is 0.857. The molecule has 1 aliphatic heterocycles. The van der Waals surface area contributed by atoms with Crippen molar-refractivity contribution in [3.05, 3.63) is 23.8 Å². The summed E-state index contributed by atoms with van der Waals surface area (Å²) < 4.78 is 0. The van der Waals surface area contributed by atoms with Crippen LogP contribution in [-0.2, 0) is 9.59 Å². The van der Waals surface area contributed by atoms with Crippen LogP contribution >= 0.6 is 0 Å². The molecule has 2 aliphatic rings. The molecule has 4 heteroatoms. The van der Waals surface area contributed by atoms with Crippen molar-refractivity contribution in [2.75, 3.05) is 10.6 Å². The first-order valence-corrected chi connectivity index (χ1v) is 6.91. The number of anilines is 2. The summed E-state index contributed by atoms with van der Waals surface area (Å²) in [6.07, 6.45) is 4.29. The van der Waals surface area contributed by atoms with E-state index < -0.39 is 0 Å². The zero-order valence-electron chi connectivity index (χ0n) is 11.0. The molecule has 4 nitrogen and oxygen atoms in total. The van der Waals surface area contributed by atoms with E-state index in [9.17, 15) is 9.59 Å². The molecular weight excluding hydrogens is 240 g/mol. The minimum Gasteiger partial charge on any atom is -0.326 e. The van der Waals surface area contributed by atoms with Crippen molar-refractivity contribution < 1.29 is 9.59 Å². The third-order valence-corrected chi connectivity index (χ3v) is 4.16. The lowest BCUT2D eigenvalue weighted by Crippen LogP contribution is -2.20. The van der Waals surface area contributed by atoms with E-state index in [1.165, 1.54) is 0 Å². The first-order chi connectivity index (χ1) is 9.15. The molecule has 0 spiro atoms. The summed E-state index contributed by atoms with van der Waals surface area (Å²) in [7, 11) is 0. The Bertz CT molecular complexity index is 533. The van der Waals surface area contributed by atoms with E-state index >= 15 is 0 Å². The lowest BCUT2D eigenvalue weighted by atomic mass is 10.0. The van der Waals surface area contributed by atoms with E-state index in [0.29, 0.717) is 0 Å². The molecule has 1 aromatic carbocycles. The number of hydrogen-bond acceptors (Lipinski definition) is 2. The Morgan fingerprint density at radius 1 is 1.32 bits per heavy atom. The second-order valence-corrected chi connectivity index (χ2v) is 5.48. The molecule has 1 aromatic rings. The Kier molecular flexibility index (Phi) is 3.01. The van der Waals surface area contributed by atoms with Gasteiger partial charge in [0.25, 0.3) is 0 Å². The van der Waals surface area contributed by atoms with Gasteiger partial charge in [-0.3, -0.25) is 9.59 Å². The maximum atomic E-state index is 12.1. The molecule has 0 radical (unpaired) electrons. The van der Waals surface area contributed by atoms with Crippen LogP contribution in [0.2, 0.25) is 0 Å². The number of amides is 2. The summed E-state index contributed by atoms with van der Waals surface area (Å²) in [6, 6.07) is 5.62. The van der Waals surface area contributed by atoms with Crippen LogP contribution in [0.5, 0.6) is 0 Å². The van der Waals surface area contributed by atoms with Crippen molar-refractivity contribution in [2.45, 2.75) is 38.5 Å². The molecule has 1 heterocycles. The van der Waals surface area contributed by atoms with Gasteiger partial charge in [-0.1, -0.05) is 12.8 Å². The number of nitrogens with one attached hydrogen (secondary N) is 2. The molecule has 0 aromatic heterocycles. The third-order valence-electron chi connectivity index (χ3n) is 4.16. The molecule has 2 amide bonds. The van der Waals surface area contributed by atoms with E-state index in [0.717, 1.165) is 42.6 Å². The van der Waals surface area contributed by atoms with Gasteiger partial charge in [0.15, 0.2) is 0 Å². The van der Waals surface area contributed by atoms with Gasteiger partial charge in [0.2, 0.25) is 11.8 Å². The maximum Gasteiger partial charge on any atom is 0.231 e. The van der Waals surface area contributed by atoms with Crippen molar-refractivity contribution in [1.82, 2.24) is 0 Å². The molecule has 2 N–H and O–H groups in total. The van der Waals surface area contributed by atoms with Crippen molar-refractivity contribution in [1.29, 1.82) is 0 Å². The minimum atomic E-state index is -0.140. The highest BCUT2D eigenvalue weighted by Gasteiger charge is 2.27. The van der Waals surface area contributed by atoms with E-state index in [2.05, 4.69) is 10.6 Å². The van der Waals surface area contributed by atoms with Gasteiger partial charge in [-0.25, -0.2) is 0 Å². The van der Waals surface area contributed by atoms with Crippen molar-refractivity contribution in [3.63, 3.8) is 0 Å². The normalized spacial score (nSPS) is 22.2. The van der Waals surface area contributed by atoms with Crippen LogP contribution in [0.15, 0.2) is 18.2 Å². The third kappa shape index (κ3) is 2.23. The summed E-state index contributed by atoms with van der Waals surface area (Å²) in [4.78, 5) is 23.6. The second kappa shape index (κ2) is 4.68. The highest BCUT2D eigenvalue weighted by atomic mass is 16.2. The molecule has 0 saturated heterocycles. The van der Waals surface area contributed by atoms with Crippen LogP contribution in [0.25, 0.3) is 0 Å². The topological polar surface area (TPSA) is 58.2 Å². The number of carbonyl (C=O) groups is 2. The predicted molar refractivity (Wildman–Crippen MR) is 74.1 cm³/mol. The summed E-state index contributed by atoms with van der Waals surface area (Å²) >= 11 is 0. The average molecular weight is 258 g/mol. The minimum absolute atomic E-state index is 0.0225. The van der Waals surface area contributed by atoms with Gasteiger partial charge < -0.3 is 10.6 Å². The van der Waals surface area contributed by atoms with Gasteiger partial charge in [0.05, 0.1) is 5.92 Å². The summed E-state index contributed by atoms with van der Waals surface area (Å²) in [5.41, 5.74) is 2.62. The largest absolute Gasteiger partial charge is 0.326 e. The summed E-state index contributed by atoms with van der Waals surface area (Å²) in [5, 5.41) is 5.80. The molecular formula is C15H18N2O2. The van der Waals surface area contributed by atoms with E-state index in [-0.39, 0.29) is 23.7 Å². The van der Waals surface area contributed by atoms with Crippen LogP contribution in [0.3, 0.4) is 0 Å². The van der Waals surface area contributed by atoms with Crippen LogP contribution in [-0.4, -0.2) is 11.8 Å². The zero-order valence-corrected chi connectivity index (χ0v) is 11.0. The van der Waals surface area contributed by atoms with Gasteiger partial charge in [-0.15, -0.1) is 0 Å². The fourth-order valence-corrected chi connectivity index (χ4v) is 2.93. The Balaban J connectivity index is 1.76. The molecule has 1 saturated carbocycles. The van der Waals surface area contributed by atoms with Gasteiger partial charge in [0, 0.05) is 17.3 Å². The first-order valence-electron chi connectivity index (χ1n) is 6.91. The maximum absolute atomic E-state index is 12.1. The SMILES string of the molecule is CC1C(=O)Nc2ccc(NC(=O)C3CCCC3)cc21. The molecule has 1 fully saturated rings. The molecule has 3 rings (SSSR count). The molecule has 1 aliphatic carbocycles. The number of fused-ring (bicyclic) bond motifs is 1. The van der Waals surface area contributed by atoms with Crippen molar-refractivity contribution >= 4 is 23.2 Å². The van der Waals surface area contributed by atoms with Crippen LogP contribution in [0.4, 0.5) is 11.4 Å². The van der Waals surface area contributed by atoms with E-state index in [1.807, 2.05) is 25.1 Å². The van der Waals surface area contributed by atoms with Gasteiger partial charge in [0.1, 0.15) is 0 Å². The van der Waals surface area contributed by atoms with Crippen LogP contribution in [0, 0.1) is 5.92 Å². The molecule has 1 unspecified atom stereocenters. The lowest BCUT2D eigenvalue weighted by Gasteiger charge is -2.11. The number of carbonyl (C=O) groups excluding carboxylic acids is 2. The van der Waals surface area contributed by atoms with Crippen LogP contribution < -0.4 is 10.6 Å².